The molecule has 0 amide bonds. The number of aliphatic hydroxyl groups is 1. The Kier molecular flexibility index (Phi) is 4.62. The molecule has 3 nitrogen and oxygen atoms in total. The molecule has 0 fully saturated rings. The SMILES string of the molecule is CB(OC(C)(C)C(C)(C)O)c1ccc2c(c1Cl)OCCC2. The average molecular weight is 311 g/mol. The Morgan fingerprint density at radius 2 is 1.95 bits per heavy atom. The number of halogens is 1. The molecule has 0 bridgehead atoms. The summed E-state index contributed by atoms with van der Waals surface area (Å²) in [4.78, 5) is 0. The minimum absolute atomic E-state index is 0.227. The quantitative estimate of drug-likeness (QED) is 0.869. The van der Waals surface area contributed by atoms with Gasteiger partial charge in [0, 0.05) is 0 Å². The van der Waals surface area contributed by atoms with Crippen molar-refractivity contribution in [3.8, 4) is 5.75 Å². The van der Waals surface area contributed by atoms with Crippen molar-refractivity contribution in [1.82, 2.24) is 0 Å². The molecule has 0 aliphatic carbocycles. The molecule has 2 rings (SSSR count). The number of ether oxygens (including phenoxy) is 1. The van der Waals surface area contributed by atoms with Crippen LogP contribution in [0.4, 0.5) is 0 Å². The van der Waals surface area contributed by atoms with E-state index < -0.39 is 11.2 Å². The molecule has 1 heterocycles. The first-order valence-corrected chi connectivity index (χ1v) is 7.85. The molecule has 0 radical (unpaired) electrons. The van der Waals surface area contributed by atoms with Gasteiger partial charge >= 0.3 is 6.92 Å². The summed E-state index contributed by atoms with van der Waals surface area (Å²) in [6.45, 7) is 9.69. The maximum atomic E-state index is 10.2. The molecule has 1 aromatic rings. The zero-order valence-electron chi connectivity index (χ0n) is 13.5. The summed E-state index contributed by atoms with van der Waals surface area (Å²) in [7, 11) is 0. The van der Waals surface area contributed by atoms with Crippen molar-refractivity contribution in [1.29, 1.82) is 0 Å². The van der Waals surface area contributed by atoms with Gasteiger partial charge in [0.1, 0.15) is 5.75 Å². The minimum atomic E-state index is -0.946. The van der Waals surface area contributed by atoms with Crippen molar-refractivity contribution in [2.24, 2.45) is 0 Å². The van der Waals surface area contributed by atoms with Gasteiger partial charge in [0.15, 0.2) is 0 Å². The molecule has 0 spiro atoms. The van der Waals surface area contributed by atoms with E-state index in [4.69, 9.17) is 21.0 Å². The smallest absolute Gasteiger partial charge is 0.325 e. The van der Waals surface area contributed by atoms with Crippen LogP contribution < -0.4 is 10.2 Å². The van der Waals surface area contributed by atoms with Gasteiger partial charge in [-0.3, -0.25) is 0 Å². The van der Waals surface area contributed by atoms with Crippen LogP contribution in [0.3, 0.4) is 0 Å². The molecule has 5 heteroatoms. The van der Waals surface area contributed by atoms with Gasteiger partial charge in [-0.15, -0.1) is 0 Å². The zero-order valence-corrected chi connectivity index (χ0v) is 14.3. The first-order chi connectivity index (χ1) is 9.63. The number of fused-ring (bicyclic) bond motifs is 1. The second-order valence-electron chi connectivity index (χ2n) is 6.74. The lowest BCUT2D eigenvalue weighted by molar-refractivity contribution is -0.0918. The Morgan fingerprint density at radius 1 is 1.29 bits per heavy atom. The van der Waals surface area contributed by atoms with Crippen LogP contribution in [0, 0.1) is 0 Å². The first kappa shape index (κ1) is 16.7. The Balaban J connectivity index is 2.26. The summed E-state index contributed by atoms with van der Waals surface area (Å²) in [5.74, 6) is 0.789. The van der Waals surface area contributed by atoms with Crippen molar-refractivity contribution in [3.63, 3.8) is 0 Å². The molecule has 21 heavy (non-hydrogen) atoms. The number of hydrogen-bond acceptors (Lipinski definition) is 3. The fourth-order valence-electron chi connectivity index (χ4n) is 2.36. The van der Waals surface area contributed by atoms with E-state index in [2.05, 4.69) is 6.07 Å². The van der Waals surface area contributed by atoms with Crippen LogP contribution >= 0.6 is 11.6 Å². The van der Waals surface area contributed by atoms with Crippen LogP contribution in [0.15, 0.2) is 12.1 Å². The third-order valence-electron chi connectivity index (χ3n) is 4.43. The van der Waals surface area contributed by atoms with Crippen LogP contribution in [0.5, 0.6) is 5.75 Å². The normalized spacial score (nSPS) is 15.4. The number of aryl methyl sites for hydroxylation is 1. The molecule has 0 saturated carbocycles. The largest absolute Gasteiger partial charge is 0.492 e. The van der Waals surface area contributed by atoms with E-state index in [1.807, 2.05) is 26.7 Å². The van der Waals surface area contributed by atoms with E-state index in [-0.39, 0.29) is 6.92 Å². The van der Waals surface area contributed by atoms with Gasteiger partial charge in [0.25, 0.3) is 0 Å². The van der Waals surface area contributed by atoms with Gasteiger partial charge in [0.2, 0.25) is 0 Å². The third kappa shape index (κ3) is 3.38. The molecule has 116 valence electrons. The van der Waals surface area contributed by atoms with Gasteiger partial charge in [-0.2, -0.15) is 0 Å². The van der Waals surface area contributed by atoms with Crippen LogP contribution in [-0.4, -0.2) is 29.8 Å². The lowest BCUT2D eigenvalue weighted by Crippen LogP contribution is -2.52. The Hall–Kier alpha value is -0.705. The van der Waals surface area contributed by atoms with E-state index in [0.717, 1.165) is 29.6 Å². The highest BCUT2D eigenvalue weighted by atomic mass is 35.5. The highest BCUT2D eigenvalue weighted by Gasteiger charge is 2.38. The van der Waals surface area contributed by atoms with Gasteiger partial charge in [-0.25, -0.2) is 0 Å². The van der Waals surface area contributed by atoms with Crippen molar-refractivity contribution in [2.45, 2.75) is 58.6 Å². The summed E-state index contributed by atoms with van der Waals surface area (Å²) in [5, 5.41) is 10.9. The molecule has 1 aromatic carbocycles. The fraction of sp³-hybridized carbons (Fsp3) is 0.625. The molecule has 1 aliphatic rings. The Labute approximate surface area is 132 Å². The number of rotatable bonds is 4. The summed E-state index contributed by atoms with van der Waals surface area (Å²) in [6.07, 6.45) is 2.03. The van der Waals surface area contributed by atoms with Crippen LogP contribution in [0.25, 0.3) is 0 Å². The minimum Gasteiger partial charge on any atom is -0.492 e. The van der Waals surface area contributed by atoms with Crippen LogP contribution in [0.2, 0.25) is 11.8 Å². The van der Waals surface area contributed by atoms with E-state index in [1.165, 1.54) is 0 Å². The molecule has 0 unspecified atom stereocenters. The zero-order chi connectivity index (χ0) is 15.8. The second-order valence-corrected chi connectivity index (χ2v) is 7.12. The topological polar surface area (TPSA) is 38.7 Å². The van der Waals surface area contributed by atoms with E-state index in [1.54, 1.807) is 13.8 Å². The lowest BCUT2D eigenvalue weighted by Gasteiger charge is -2.39. The van der Waals surface area contributed by atoms with Gasteiger partial charge in [-0.1, -0.05) is 30.6 Å². The van der Waals surface area contributed by atoms with Gasteiger partial charge in [0.05, 0.1) is 22.8 Å². The summed E-state index contributed by atoms with van der Waals surface area (Å²) < 4.78 is 11.8. The van der Waals surface area contributed by atoms with Crippen LogP contribution in [-0.2, 0) is 11.1 Å². The maximum Gasteiger partial charge on any atom is 0.325 e. The van der Waals surface area contributed by atoms with Gasteiger partial charge in [-0.05, 0) is 51.6 Å². The molecule has 0 aromatic heterocycles. The van der Waals surface area contributed by atoms with E-state index >= 15 is 0 Å². The molecule has 0 saturated heterocycles. The summed E-state index contributed by atoms with van der Waals surface area (Å²) >= 11 is 6.50. The maximum absolute atomic E-state index is 10.2. The molecule has 0 atom stereocenters. The fourth-order valence-corrected chi connectivity index (χ4v) is 2.76. The first-order valence-electron chi connectivity index (χ1n) is 7.48. The predicted molar refractivity (Wildman–Crippen MR) is 88.0 cm³/mol. The predicted octanol–water partition coefficient (Wildman–Crippen LogP) is 3.06. The van der Waals surface area contributed by atoms with Crippen molar-refractivity contribution < 1.29 is 14.5 Å². The second kappa shape index (κ2) is 5.83. The number of hydrogen-bond donors (Lipinski definition) is 1. The third-order valence-corrected chi connectivity index (χ3v) is 4.82. The molecule has 1 aliphatic heterocycles. The number of benzene rings is 1. The highest BCUT2D eigenvalue weighted by Crippen LogP contribution is 2.32. The van der Waals surface area contributed by atoms with E-state index in [0.29, 0.717) is 11.6 Å². The van der Waals surface area contributed by atoms with Crippen molar-refractivity contribution in [2.75, 3.05) is 6.61 Å². The highest BCUT2D eigenvalue weighted by molar-refractivity contribution is 6.69. The molecule has 1 N–H and O–H groups in total. The van der Waals surface area contributed by atoms with E-state index in [9.17, 15) is 5.11 Å². The Bertz CT molecular complexity index is 523. The Morgan fingerprint density at radius 3 is 2.57 bits per heavy atom. The van der Waals surface area contributed by atoms with Crippen molar-refractivity contribution >= 4 is 24.0 Å². The standard InChI is InChI=1S/C16H24BClO3/c1-15(2,19)16(3,4)21-17(5)12-9-8-11-7-6-10-20-14(11)13(12)18/h8-9,19H,6-7,10H2,1-5H3. The summed E-state index contributed by atoms with van der Waals surface area (Å²) in [5.41, 5.74) is 0.420. The van der Waals surface area contributed by atoms with Crippen molar-refractivity contribution in [3.05, 3.63) is 22.7 Å². The van der Waals surface area contributed by atoms with Gasteiger partial charge < -0.3 is 14.5 Å². The average Bonchev–Trinajstić information content (AvgIpc) is 2.37. The molecular formula is C16H24BClO3. The van der Waals surface area contributed by atoms with Crippen LogP contribution in [0.1, 0.15) is 39.7 Å². The monoisotopic (exact) mass is 310 g/mol. The lowest BCUT2D eigenvalue weighted by atomic mass is 9.62. The molecular weight excluding hydrogens is 286 g/mol. The summed E-state index contributed by atoms with van der Waals surface area (Å²) in [6, 6.07) is 4.06.